The lowest BCUT2D eigenvalue weighted by atomic mass is 10.1. The largest absolute Gasteiger partial charge is 1.00 e. The number of alkyl halides is 6. The highest BCUT2D eigenvalue weighted by molar-refractivity contribution is 7.91. The van der Waals surface area contributed by atoms with Crippen molar-refractivity contribution in [2.75, 3.05) is 43.6 Å². The predicted octanol–water partition coefficient (Wildman–Crippen LogP) is 4.24. The van der Waals surface area contributed by atoms with Crippen LogP contribution in [0.15, 0.2) is 106 Å². The first-order chi connectivity index (χ1) is 36.9. The summed E-state index contributed by atoms with van der Waals surface area (Å²) in [4.78, 5) is 20.9. The van der Waals surface area contributed by atoms with Gasteiger partial charge in [0.25, 0.3) is 11.8 Å². The van der Waals surface area contributed by atoms with Crippen LogP contribution in [0.1, 0.15) is 48.5 Å². The van der Waals surface area contributed by atoms with E-state index in [9.17, 15) is 43.2 Å². The lowest BCUT2D eigenvalue weighted by Crippen LogP contribution is -3.08. The van der Waals surface area contributed by atoms with E-state index in [-0.39, 0.29) is 69.5 Å². The normalized spacial score (nSPS) is 16.5. The average Bonchev–Trinajstić information content (AvgIpc) is 4.24. The van der Waals surface area contributed by atoms with Crippen molar-refractivity contribution in [3.63, 3.8) is 0 Å². The van der Waals surface area contributed by atoms with Gasteiger partial charge in [-0.3, -0.25) is 0 Å². The number of sulfone groups is 2. The summed E-state index contributed by atoms with van der Waals surface area (Å²) in [7, 11) is -6.05. The van der Waals surface area contributed by atoms with Gasteiger partial charge < -0.3 is 40.7 Å². The summed E-state index contributed by atoms with van der Waals surface area (Å²) in [6.07, 6.45) is -4.46. The maximum atomic E-state index is 12.4. The smallest absolute Gasteiger partial charge is 0.573 e. The zero-order valence-corrected chi connectivity index (χ0v) is 45.0. The van der Waals surface area contributed by atoms with Gasteiger partial charge in [-0.05, 0) is 105 Å². The van der Waals surface area contributed by atoms with Crippen LogP contribution in [0.3, 0.4) is 0 Å². The summed E-state index contributed by atoms with van der Waals surface area (Å²) in [6.45, 7) is 7.35. The highest BCUT2D eigenvalue weighted by Crippen LogP contribution is 2.30. The Morgan fingerprint density at radius 2 is 1.01 bits per heavy atom. The molecule has 0 saturated carbocycles. The van der Waals surface area contributed by atoms with Gasteiger partial charge in [0.05, 0.1) is 36.7 Å². The maximum absolute atomic E-state index is 12.4. The van der Waals surface area contributed by atoms with Crippen LogP contribution in [-0.2, 0) is 32.8 Å². The molecule has 2 fully saturated rings. The van der Waals surface area contributed by atoms with Gasteiger partial charge in [0.2, 0.25) is 23.3 Å². The van der Waals surface area contributed by atoms with E-state index >= 15 is 0 Å². The molecule has 0 amide bonds. The number of aromatic nitrogens is 10. The molecule has 2 aliphatic heterocycles. The van der Waals surface area contributed by atoms with E-state index in [0.29, 0.717) is 74.6 Å². The Morgan fingerprint density at radius 1 is 0.582 bits per heavy atom. The number of piperidine rings is 2. The van der Waals surface area contributed by atoms with Crippen molar-refractivity contribution in [3.05, 3.63) is 120 Å². The lowest BCUT2D eigenvalue weighted by Gasteiger charge is -2.33. The van der Waals surface area contributed by atoms with E-state index in [1.165, 1.54) is 53.8 Å². The van der Waals surface area contributed by atoms with Gasteiger partial charge in [-0.25, -0.2) is 36.2 Å². The highest BCUT2D eigenvalue weighted by atomic mass is 35.5. The summed E-state index contributed by atoms with van der Waals surface area (Å²) >= 11 is 0. The van der Waals surface area contributed by atoms with Crippen LogP contribution >= 0.6 is 0 Å². The Labute approximate surface area is 455 Å². The first-order valence-corrected chi connectivity index (χ1v) is 28.2. The molecular weight excluding hydrogens is 1110 g/mol. The Balaban J connectivity index is 0.000000205. The molecule has 4 aromatic carbocycles. The Morgan fingerprint density at radius 3 is 1.46 bits per heavy atom. The fourth-order valence-corrected chi connectivity index (χ4v) is 11.2. The number of nitrogens with zero attached hydrogens (tertiary/aromatic N) is 11. The number of anilines is 1. The van der Waals surface area contributed by atoms with E-state index in [4.69, 9.17) is 9.05 Å². The molecule has 0 atom stereocenters. The zero-order chi connectivity index (χ0) is 55.6. The Hall–Kier alpha value is -7.43. The highest BCUT2D eigenvalue weighted by Gasteiger charge is 2.33. The zero-order valence-electron chi connectivity index (χ0n) is 42.6. The molecule has 79 heavy (non-hydrogen) atoms. The summed E-state index contributed by atoms with van der Waals surface area (Å²) < 4.78 is 144. The molecular formula is C50H51ClF6N12O8S2. The van der Waals surface area contributed by atoms with Crippen molar-refractivity contribution >= 4 is 31.0 Å². The molecule has 4 aromatic heterocycles. The van der Waals surface area contributed by atoms with E-state index in [1.54, 1.807) is 23.2 Å². The van der Waals surface area contributed by atoms with Gasteiger partial charge in [0.15, 0.2) is 9.84 Å². The second-order valence-electron chi connectivity index (χ2n) is 18.8. The van der Waals surface area contributed by atoms with E-state index in [0.717, 1.165) is 47.7 Å². The lowest BCUT2D eigenvalue weighted by molar-refractivity contribution is -0.838. The molecule has 0 unspecified atom stereocenters. The molecule has 2 aliphatic rings. The Kier molecular flexibility index (Phi) is 17.2. The van der Waals surface area contributed by atoms with Gasteiger partial charge in [-0.2, -0.15) is 9.97 Å². The van der Waals surface area contributed by atoms with Crippen LogP contribution in [0.25, 0.3) is 46.2 Å². The molecule has 6 heterocycles. The second kappa shape index (κ2) is 23.5. The number of rotatable bonds is 14. The van der Waals surface area contributed by atoms with Gasteiger partial charge in [0.1, 0.15) is 38.7 Å². The third kappa shape index (κ3) is 15.0. The number of aryl methyl sites for hydroxylation is 2. The van der Waals surface area contributed by atoms with Gasteiger partial charge in [-0.1, -0.05) is 34.6 Å². The molecule has 10 rings (SSSR count). The minimum atomic E-state index is -4.78. The second-order valence-corrected chi connectivity index (χ2v) is 23.4. The van der Waals surface area contributed by atoms with Crippen LogP contribution < -0.4 is 31.7 Å². The number of benzene rings is 4. The molecule has 0 bridgehead atoms. The summed E-state index contributed by atoms with van der Waals surface area (Å²) in [5, 5.41) is 16.2. The molecule has 29 heteroatoms. The third-order valence-corrected chi connectivity index (χ3v) is 16.5. The number of ether oxygens (including phenoxy) is 2. The minimum Gasteiger partial charge on any atom is -1.00 e. The van der Waals surface area contributed by atoms with Crippen molar-refractivity contribution in [3.8, 4) is 57.7 Å². The fourth-order valence-electron chi connectivity index (χ4n) is 9.08. The maximum Gasteiger partial charge on any atom is 0.573 e. The number of hydrogen-bond donors (Lipinski definition) is 1. The number of quaternary nitrogens is 1. The number of halogens is 7. The fraction of sp³-hybridized carbons (Fsp3) is 0.360. The third-order valence-electron chi connectivity index (χ3n) is 13.1. The first-order valence-electron chi connectivity index (χ1n) is 24.3. The molecule has 20 nitrogen and oxygen atoms in total. The average molecular weight is 1160 g/mol. The van der Waals surface area contributed by atoms with Crippen molar-refractivity contribution in [2.24, 2.45) is 0 Å². The molecule has 2 saturated heterocycles. The van der Waals surface area contributed by atoms with Crippen molar-refractivity contribution in [1.29, 1.82) is 0 Å². The molecule has 8 aromatic rings. The predicted molar refractivity (Wildman–Crippen MR) is 270 cm³/mol. The van der Waals surface area contributed by atoms with Crippen LogP contribution in [0.2, 0.25) is 0 Å². The van der Waals surface area contributed by atoms with Gasteiger partial charge in [-0.15, -0.1) is 36.5 Å². The van der Waals surface area contributed by atoms with Crippen LogP contribution in [0, 0.1) is 13.8 Å². The van der Waals surface area contributed by atoms with Gasteiger partial charge in [0, 0.05) is 61.3 Å². The van der Waals surface area contributed by atoms with E-state index in [2.05, 4.69) is 67.0 Å². The molecule has 0 spiro atoms. The Bertz CT molecular complexity index is 3360. The summed E-state index contributed by atoms with van der Waals surface area (Å²) in [6, 6.07) is 26.3. The molecule has 420 valence electrons. The number of nitrogens with one attached hydrogen (secondary N) is 1. The van der Waals surface area contributed by atoms with Crippen molar-refractivity contribution in [2.45, 2.75) is 75.8 Å². The first kappa shape index (κ1) is 57.7. The SMILES string of the molecule is Cc1nc(-c2nc(-c3ccc(OC(F)(F)F)cc3)no2)nn1Cc1cccc(N2CCC(S(C)(=O)=O)CC2)c1.Cc1nc(-c2nc(-c3ccc(OC(F)(F)F)cc3)no2)nn1Cc1cccc([NH+]2CCC(S(C)(=O)=O)CC2)c1.[Cl-]. The van der Waals surface area contributed by atoms with E-state index in [1.807, 2.05) is 36.4 Å². The van der Waals surface area contributed by atoms with Crippen molar-refractivity contribution in [1.82, 2.24) is 49.8 Å². The van der Waals surface area contributed by atoms with Crippen LogP contribution in [0.4, 0.5) is 37.7 Å². The topological polar surface area (TPSA) is 234 Å². The standard InChI is InChI=1S/2C25H25F3N6O4S.ClH/c2*1-16-29-23(24-30-22(32-38-24)18-6-8-20(9-7-18)37-25(26,27)28)31-34(16)15-17-4-3-5-19(14-17)33-12-10-21(11-13-33)39(2,35)36;/h2*3-9,14,21H,10-13,15H2,1-2H3;1H. The van der Waals surface area contributed by atoms with Crippen molar-refractivity contribution < 1.29 is 79.0 Å². The van der Waals surface area contributed by atoms with Gasteiger partial charge >= 0.3 is 12.7 Å². The quantitative estimate of drug-likeness (QED) is 0.150. The summed E-state index contributed by atoms with van der Waals surface area (Å²) in [5.74, 6) is 1.50. The molecule has 0 aliphatic carbocycles. The minimum absolute atomic E-state index is 0. The van der Waals surface area contributed by atoms with Crippen LogP contribution in [-0.4, -0.2) is 129 Å². The molecule has 0 radical (unpaired) electrons. The molecule has 1 N–H and O–H groups in total. The monoisotopic (exact) mass is 1160 g/mol. The van der Waals surface area contributed by atoms with Crippen LogP contribution in [0.5, 0.6) is 11.5 Å². The summed E-state index contributed by atoms with van der Waals surface area (Å²) in [5.41, 5.74) is 5.00. The van der Waals surface area contributed by atoms with E-state index < -0.39 is 32.4 Å². The number of hydrogen-bond acceptors (Lipinski definition) is 17.